The first-order chi connectivity index (χ1) is 11.1. The van der Waals surface area contributed by atoms with Crippen LogP contribution in [-0.2, 0) is 0 Å². The zero-order valence-corrected chi connectivity index (χ0v) is 12.3. The molecule has 2 aliphatic rings. The number of halogens is 1. The number of fused-ring (bicyclic) bond motifs is 4. The maximum absolute atomic E-state index is 12.3. The number of aromatic carboxylic acids is 1. The lowest BCUT2D eigenvalue weighted by Gasteiger charge is -2.11. The van der Waals surface area contributed by atoms with Gasteiger partial charge in [0, 0.05) is 10.8 Å². The van der Waals surface area contributed by atoms with E-state index in [1.807, 2.05) is 0 Å². The Morgan fingerprint density at radius 1 is 1.13 bits per heavy atom. The number of nitrogens with zero attached hydrogens (tertiary/aromatic N) is 1. The number of rotatable bonds is 1. The number of aromatic nitrogens is 1. The third-order valence-corrected chi connectivity index (χ3v) is 4.03. The SMILES string of the molecule is O=C(O)c1ccc2oc3c(Cl)c(=O)c4ccccc4c-3nc2c1. The fraction of sp³-hybridized carbons (Fsp3) is 0. The van der Waals surface area contributed by atoms with Crippen molar-refractivity contribution < 1.29 is 14.3 Å². The van der Waals surface area contributed by atoms with Crippen LogP contribution in [0, 0.1) is 0 Å². The molecule has 2 aromatic rings. The number of carbonyl (C=O) groups is 1. The molecule has 0 spiro atoms. The van der Waals surface area contributed by atoms with E-state index in [1.165, 1.54) is 18.2 Å². The molecule has 1 aliphatic heterocycles. The van der Waals surface area contributed by atoms with Gasteiger partial charge in [0.2, 0.25) is 5.43 Å². The van der Waals surface area contributed by atoms with Crippen molar-refractivity contribution >= 4 is 39.4 Å². The molecule has 23 heavy (non-hydrogen) atoms. The van der Waals surface area contributed by atoms with Gasteiger partial charge < -0.3 is 9.52 Å². The molecule has 0 amide bonds. The minimum absolute atomic E-state index is 0.0320. The first-order valence-electron chi connectivity index (χ1n) is 6.74. The zero-order valence-electron chi connectivity index (χ0n) is 11.5. The molecule has 2 aromatic carbocycles. The molecular formula is C17H8ClNO4. The Kier molecular flexibility index (Phi) is 2.86. The van der Waals surface area contributed by atoms with Crippen LogP contribution in [-0.4, -0.2) is 16.1 Å². The summed E-state index contributed by atoms with van der Waals surface area (Å²) in [5.41, 5.74) is 0.966. The van der Waals surface area contributed by atoms with Crippen molar-refractivity contribution in [1.29, 1.82) is 0 Å². The minimum Gasteiger partial charge on any atom is -0.478 e. The minimum atomic E-state index is -1.05. The van der Waals surface area contributed by atoms with Gasteiger partial charge in [0.25, 0.3) is 0 Å². The molecule has 1 N–H and O–H groups in total. The molecule has 0 saturated carbocycles. The molecule has 1 aliphatic carbocycles. The van der Waals surface area contributed by atoms with Crippen molar-refractivity contribution in [3.8, 4) is 11.5 Å². The van der Waals surface area contributed by atoms with Gasteiger partial charge in [0.05, 0.1) is 5.56 Å². The van der Waals surface area contributed by atoms with E-state index in [9.17, 15) is 9.59 Å². The highest BCUT2D eigenvalue weighted by atomic mass is 35.5. The molecule has 1 heterocycles. The number of hydrogen-bond acceptors (Lipinski definition) is 4. The standard InChI is InChI=1S/C17H8ClNO4/c18-13-15(20)10-4-2-1-3-9(10)14-16(13)23-12-6-5-8(17(21)22)7-11(12)19-14/h1-7H,(H,21,22). The lowest BCUT2D eigenvalue weighted by molar-refractivity contribution is 0.0697. The molecule has 0 fully saturated rings. The summed E-state index contributed by atoms with van der Waals surface area (Å²) in [5, 5.41) is 10.1. The third-order valence-electron chi connectivity index (χ3n) is 3.69. The summed E-state index contributed by atoms with van der Waals surface area (Å²) >= 11 is 6.15. The van der Waals surface area contributed by atoms with Crippen molar-refractivity contribution in [2.75, 3.05) is 0 Å². The molecular weight excluding hydrogens is 318 g/mol. The van der Waals surface area contributed by atoms with E-state index >= 15 is 0 Å². The van der Waals surface area contributed by atoms with Gasteiger partial charge in [-0.05, 0) is 18.2 Å². The van der Waals surface area contributed by atoms with Crippen LogP contribution in [0.15, 0.2) is 51.7 Å². The van der Waals surface area contributed by atoms with Crippen LogP contribution in [0.1, 0.15) is 10.4 Å². The predicted octanol–water partition coefficient (Wildman–Crippen LogP) is 3.80. The lowest BCUT2D eigenvalue weighted by atomic mass is 10.0. The van der Waals surface area contributed by atoms with E-state index in [0.717, 1.165) is 0 Å². The summed E-state index contributed by atoms with van der Waals surface area (Å²) in [6.07, 6.45) is 0. The Morgan fingerprint density at radius 3 is 2.61 bits per heavy atom. The maximum atomic E-state index is 12.3. The molecule has 0 unspecified atom stereocenters. The number of carboxylic acids is 1. The second-order valence-corrected chi connectivity index (χ2v) is 5.45. The van der Waals surface area contributed by atoms with E-state index < -0.39 is 5.97 Å². The number of hydrogen-bond donors (Lipinski definition) is 1. The summed E-state index contributed by atoms with van der Waals surface area (Å²) in [6.45, 7) is 0. The highest BCUT2D eigenvalue weighted by Crippen LogP contribution is 2.34. The van der Waals surface area contributed by atoms with Gasteiger partial charge >= 0.3 is 5.97 Å². The van der Waals surface area contributed by atoms with Crippen molar-refractivity contribution in [2.24, 2.45) is 0 Å². The normalized spacial score (nSPS) is 11.3. The van der Waals surface area contributed by atoms with Crippen LogP contribution in [0.5, 0.6) is 0 Å². The van der Waals surface area contributed by atoms with Crippen LogP contribution in [0.4, 0.5) is 0 Å². The second-order valence-electron chi connectivity index (χ2n) is 5.07. The summed E-state index contributed by atoms with van der Waals surface area (Å²) < 4.78 is 5.71. The van der Waals surface area contributed by atoms with Crippen LogP contribution in [0.25, 0.3) is 33.3 Å². The van der Waals surface area contributed by atoms with Gasteiger partial charge in [-0.15, -0.1) is 0 Å². The zero-order chi connectivity index (χ0) is 16.1. The topological polar surface area (TPSA) is 80.4 Å². The molecule has 0 atom stereocenters. The molecule has 6 heteroatoms. The average Bonchev–Trinajstić information content (AvgIpc) is 2.58. The Bertz CT molecular complexity index is 1130. The predicted molar refractivity (Wildman–Crippen MR) is 86.4 cm³/mol. The first-order valence-corrected chi connectivity index (χ1v) is 7.12. The average molecular weight is 326 g/mol. The highest BCUT2D eigenvalue weighted by Gasteiger charge is 2.21. The molecule has 0 saturated heterocycles. The maximum Gasteiger partial charge on any atom is 0.335 e. The van der Waals surface area contributed by atoms with Crippen molar-refractivity contribution in [3.05, 3.63) is 63.3 Å². The van der Waals surface area contributed by atoms with Gasteiger partial charge in [-0.2, -0.15) is 0 Å². The van der Waals surface area contributed by atoms with E-state index in [0.29, 0.717) is 27.6 Å². The van der Waals surface area contributed by atoms with Crippen LogP contribution < -0.4 is 5.43 Å². The van der Waals surface area contributed by atoms with E-state index in [2.05, 4.69) is 4.98 Å². The van der Waals surface area contributed by atoms with Crippen molar-refractivity contribution in [3.63, 3.8) is 0 Å². The molecule has 4 rings (SSSR count). The quantitative estimate of drug-likeness (QED) is 0.425. The molecule has 0 radical (unpaired) electrons. The summed E-state index contributed by atoms with van der Waals surface area (Å²) in [4.78, 5) is 27.9. The Labute approximate surface area is 134 Å². The Hall–Kier alpha value is -2.92. The number of benzene rings is 3. The third kappa shape index (κ3) is 1.98. The van der Waals surface area contributed by atoms with Gasteiger partial charge in [-0.3, -0.25) is 4.79 Å². The Morgan fingerprint density at radius 2 is 1.87 bits per heavy atom. The molecule has 0 bridgehead atoms. The monoisotopic (exact) mass is 325 g/mol. The fourth-order valence-electron chi connectivity index (χ4n) is 2.59. The Balaban J connectivity index is 2.22. The second kappa shape index (κ2) is 4.79. The van der Waals surface area contributed by atoms with E-state index in [-0.39, 0.29) is 21.8 Å². The van der Waals surface area contributed by atoms with Crippen molar-refractivity contribution in [1.82, 2.24) is 4.98 Å². The van der Waals surface area contributed by atoms with Crippen LogP contribution >= 0.6 is 11.6 Å². The summed E-state index contributed by atoms with van der Waals surface area (Å²) in [6, 6.07) is 11.3. The molecule has 0 aromatic heterocycles. The molecule has 112 valence electrons. The number of carboxylic acid groups (broad SMARTS) is 1. The van der Waals surface area contributed by atoms with Gasteiger partial charge in [0.1, 0.15) is 16.2 Å². The van der Waals surface area contributed by atoms with Crippen LogP contribution in [0.2, 0.25) is 5.02 Å². The van der Waals surface area contributed by atoms with Gasteiger partial charge in [-0.25, -0.2) is 9.78 Å². The van der Waals surface area contributed by atoms with E-state index in [1.54, 1.807) is 24.3 Å². The fourth-order valence-corrected chi connectivity index (χ4v) is 2.82. The summed E-state index contributed by atoms with van der Waals surface area (Å²) in [7, 11) is 0. The molecule has 5 nitrogen and oxygen atoms in total. The van der Waals surface area contributed by atoms with Gasteiger partial charge in [0.15, 0.2) is 11.3 Å². The first kappa shape index (κ1) is 13.7. The van der Waals surface area contributed by atoms with Crippen LogP contribution in [0.3, 0.4) is 0 Å². The largest absolute Gasteiger partial charge is 0.478 e. The summed E-state index contributed by atoms with van der Waals surface area (Å²) in [5.74, 6) is -0.850. The van der Waals surface area contributed by atoms with Gasteiger partial charge in [-0.1, -0.05) is 35.9 Å². The lowest BCUT2D eigenvalue weighted by Crippen LogP contribution is -2.07. The van der Waals surface area contributed by atoms with E-state index in [4.69, 9.17) is 21.1 Å². The van der Waals surface area contributed by atoms with Crippen molar-refractivity contribution in [2.45, 2.75) is 0 Å². The smallest absolute Gasteiger partial charge is 0.335 e. The highest BCUT2D eigenvalue weighted by molar-refractivity contribution is 6.34.